The second-order valence-electron chi connectivity index (χ2n) is 2.41. The lowest BCUT2D eigenvalue weighted by molar-refractivity contribution is 0.752. The van der Waals surface area contributed by atoms with Crippen LogP contribution >= 0.6 is 12.4 Å². The number of anilines is 1. The van der Waals surface area contributed by atoms with E-state index in [1.165, 1.54) is 0 Å². The Morgan fingerprint density at radius 3 is 2.08 bits per heavy atom. The lowest BCUT2D eigenvalue weighted by Crippen LogP contribution is -1.97. The molecule has 5 heteroatoms. The smallest absolute Gasteiger partial charge is 0.0858 e. The van der Waals surface area contributed by atoms with Gasteiger partial charge in [0, 0.05) is 5.69 Å². The Morgan fingerprint density at radius 1 is 1.00 bits per heavy atom. The number of nitrogens with zero attached hydrogens (tertiary/aromatic N) is 3. The van der Waals surface area contributed by atoms with Gasteiger partial charge in [-0.2, -0.15) is 15.0 Å². The number of hydrogen-bond acceptors (Lipinski definition) is 3. The van der Waals surface area contributed by atoms with E-state index in [0.717, 1.165) is 11.4 Å². The number of nitrogen functional groups attached to an aromatic ring is 1. The fraction of sp³-hybridized carbons (Fsp3) is 0. The van der Waals surface area contributed by atoms with E-state index < -0.39 is 0 Å². The molecule has 13 heavy (non-hydrogen) atoms. The van der Waals surface area contributed by atoms with Crippen LogP contribution < -0.4 is 5.73 Å². The van der Waals surface area contributed by atoms with Crippen molar-refractivity contribution >= 4 is 18.1 Å². The third kappa shape index (κ3) is 1.97. The summed E-state index contributed by atoms with van der Waals surface area (Å²) in [5.74, 6) is 0. The van der Waals surface area contributed by atoms with Gasteiger partial charge in [-0.1, -0.05) is 0 Å². The molecule has 4 nitrogen and oxygen atoms in total. The summed E-state index contributed by atoms with van der Waals surface area (Å²) in [4.78, 5) is 1.54. The molecule has 0 aliphatic heterocycles. The predicted molar refractivity (Wildman–Crippen MR) is 53.0 cm³/mol. The Balaban J connectivity index is 0.000000845. The van der Waals surface area contributed by atoms with E-state index in [0.29, 0.717) is 0 Å². The largest absolute Gasteiger partial charge is 0.399 e. The van der Waals surface area contributed by atoms with Crippen LogP contribution in [0.25, 0.3) is 5.69 Å². The Morgan fingerprint density at radius 2 is 1.54 bits per heavy atom. The molecule has 0 bridgehead atoms. The van der Waals surface area contributed by atoms with Crippen LogP contribution in [-0.2, 0) is 0 Å². The summed E-state index contributed by atoms with van der Waals surface area (Å²) < 4.78 is 0. The van der Waals surface area contributed by atoms with Crippen LogP contribution in [0.1, 0.15) is 0 Å². The number of rotatable bonds is 1. The summed E-state index contributed by atoms with van der Waals surface area (Å²) in [6.45, 7) is 0. The lowest BCUT2D eigenvalue weighted by Gasteiger charge is -1.98. The van der Waals surface area contributed by atoms with E-state index in [2.05, 4.69) is 10.2 Å². The molecule has 1 aromatic carbocycles. The average Bonchev–Trinajstić information content (AvgIpc) is 2.58. The molecule has 0 amide bonds. The molecular formula is C8H9ClN4. The first-order valence-corrected chi connectivity index (χ1v) is 3.58. The standard InChI is InChI=1S/C8H8N4.ClH/c9-7-1-3-8(4-2-7)12-10-5-6-11-12;/h1-6H,9H2;1H. The molecule has 0 aliphatic carbocycles. The maximum Gasteiger partial charge on any atom is 0.0858 e. The van der Waals surface area contributed by atoms with Crippen molar-refractivity contribution in [1.82, 2.24) is 15.0 Å². The molecule has 0 unspecified atom stereocenters. The fourth-order valence-corrected chi connectivity index (χ4v) is 0.957. The van der Waals surface area contributed by atoms with Gasteiger partial charge in [-0.05, 0) is 24.3 Å². The third-order valence-electron chi connectivity index (χ3n) is 1.54. The summed E-state index contributed by atoms with van der Waals surface area (Å²) in [6.07, 6.45) is 3.27. The molecule has 0 fully saturated rings. The van der Waals surface area contributed by atoms with Crippen molar-refractivity contribution < 1.29 is 0 Å². The molecule has 0 spiro atoms. The maximum absolute atomic E-state index is 5.53. The lowest BCUT2D eigenvalue weighted by atomic mass is 10.3. The fourth-order valence-electron chi connectivity index (χ4n) is 0.957. The normalized spacial score (nSPS) is 9.23. The van der Waals surface area contributed by atoms with Gasteiger partial charge in [0.15, 0.2) is 0 Å². The van der Waals surface area contributed by atoms with Gasteiger partial charge in [-0.25, -0.2) is 0 Å². The average molecular weight is 197 g/mol. The van der Waals surface area contributed by atoms with Crippen molar-refractivity contribution in [2.45, 2.75) is 0 Å². The van der Waals surface area contributed by atoms with E-state index >= 15 is 0 Å². The number of aromatic nitrogens is 3. The Bertz CT molecular complexity index is 354. The first kappa shape index (κ1) is 9.54. The number of nitrogens with two attached hydrogens (primary N) is 1. The van der Waals surface area contributed by atoms with Gasteiger partial charge in [0.25, 0.3) is 0 Å². The highest BCUT2D eigenvalue weighted by atomic mass is 35.5. The highest BCUT2D eigenvalue weighted by molar-refractivity contribution is 5.85. The molecule has 1 aromatic heterocycles. The molecule has 0 saturated heterocycles. The molecule has 2 rings (SSSR count). The second kappa shape index (κ2) is 3.91. The van der Waals surface area contributed by atoms with Gasteiger partial charge in [0.1, 0.15) is 0 Å². The van der Waals surface area contributed by atoms with Gasteiger partial charge in [0.05, 0.1) is 18.1 Å². The van der Waals surface area contributed by atoms with Gasteiger partial charge in [-0.3, -0.25) is 0 Å². The van der Waals surface area contributed by atoms with Gasteiger partial charge in [0.2, 0.25) is 0 Å². The molecule has 2 N–H and O–H groups in total. The second-order valence-corrected chi connectivity index (χ2v) is 2.41. The van der Waals surface area contributed by atoms with Crippen molar-refractivity contribution in [3.63, 3.8) is 0 Å². The monoisotopic (exact) mass is 196 g/mol. The van der Waals surface area contributed by atoms with E-state index in [9.17, 15) is 0 Å². The summed E-state index contributed by atoms with van der Waals surface area (Å²) in [6, 6.07) is 7.38. The molecule has 0 radical (unpaired) electrons. The molecular weight excluding hydrogens is 188 g/mol. The molecule has 2 aromatic rings. The quantitative estimate of drug-likeness (QED) is 0.699. The van der Waals surface area contributed by atoms with Crippen molar-refractivity contribution in [2.24, 2.45) is 0 Å². The topological polar surface area (TPSA) is 56.7 Å². The number of halogens is 1. The zero-order valence-electron chi connectivity index (χ0n) is 6.79. The van der Waals surface area contributed by atoms with Crippen molar-refractivity contribution in [1.29, 1.82) is 0 Å². The number of hydrogen-bond donors (Lipinski definition) is 1. The van der Waals surface area contributed by atoms with Crippen molar-refractivity contribution in [3.05, 3.63) is 36.7 Å². The predicted octanol–water partition coefficient (Wildman–Crippen LogP) is 1.27. The zero-order chi connectivity index (χ0) is 8.39. The maximum atomic E-state index is 5.53. The summed E-state index contributed by atoms with van der Waals surface area (Å²) in [7, 11) is 0. The van der Waals surface area contributed by atoms with Crippen LogP contribution in [0.2, 0.25) is 0 Å². The van der Waals surface area contributed by atoms with Crippen LogP contribution in [0.4, 0.5) is 5.69 Å². The van der Waals surface area contributed by atoms with Crippen molar-refractivity contribution in [2.75, 3.05) is 5.73 Å². The van der Waals surface area contributed by atoms with Gasteiger partial charge < -0.3 is 5.73 Å². The van der Waals surface area contributed by atoms with Crippen LogP contribution in [-0.4, -0.2) is 15.0 Å². The molecule has 0 saturated carbocycles. The van der Waals surface area contributed by atoms with E-state index in [4.69, 9.17) is 5.73 Å². The highest BCUT2D eigenvalue weighted by Crippen LogP contribution is 2.07. The van der Waals surface area contributed by atoms with Gasteiger partial charge in [-0.15, -0.1) is 12.4 Å². The molecule has 68 valence electrons. The summed E-state index contributed by atoms with van der Waals surface area (Å²) >= 11 is 0. The molecule has 0 aliphatic rings. The highest BCUT2D eigenvalue weighted by Gasteiger charge is 1.94. The minimum absolute atomic E-state index is 0. The third-order valence-corrected chi connectivity index (χ3v) is 1.54. The minimum atomic E-state index is 0. The zero-order valence-corrected chi connectivity index (χ0v) is 7.61. The molecule has 1 heterocycles. The Hall–Kier alpha value is -1.55. The van der Waals surface area contributed by atoms with Crippen molar-refractivity contribution in [3.8, 4) is 5.69 Å². The van der Waals surface area contributed by atoms with Crippen LogP contribution in [0, 0.1) is 0 Å². The summed E-state index contributed by atoms with van der Waals surface area (Å²) in [5, 5.41) is 7.96. The van der Waals surface area contributed by atoms with Crippen LogP contribution in [0.5, 0.6) is 0 Å². The van der Waals surface area contributed by atoms with Gasteiger partial charge >= 0.3 is 0 Å². The minimum Gasteiger partial charge on any atom is -0.399 e. The van der Waals surface area contributed by atoms with E-state index in [-0.39, 0.29) is 12.4 Å². The Kier molecular flexibility index (Phi) is 2.87. The Labute approximate surface area is 81.8 Å². The van der Waals surface area contributed by atoms with E-state index in [1.54, 1.807) is 17.2 Å². The number of benzene rings is 1. The SMILES string of the molecule is Cl.Nc1ccc(-n2nccn2)cc1. The first-order valence-electron chi connectivity index (χ1n) is 3.58. The van der Waals surface area contributed by atoms with Crippen LogP contribution in [0.15, 0.2) is 36.7 Å². The summed E-state index contributed by atoms with van der Waals surface area (Å²) in [5.41, 5.74) is 7.18. The van der Waals surface area contributed by atoms with E-state index in [1.807, 2.05) is 24.3 Å². The first-order chi connectivity index (χ1) is 5.86. The molecule has 0 atom stereocenters. The van der Waals surface area contributed by atoms with Crippen LogP contribution in [0.3, 0.4) is 0 Å².